The number of anilines is 1. The molecule has 2 amide bonds. The predicted molar refractivity (Wildman–Crippen MR) is 151 cm³/mol. The molecule has 1 atom stereocenters. The Morgan fingerprint density at radius 2 is 1.45 bits per heavy atom. The molecule has 4 aromatic rings. The Balaban J connectivity index is 1.31. The summed E-state index contributed by atoms with van der Waals surface area (Å²) in [4.78, 5) is 32.2. The number of nitrogens with one attached hydrogen (secondary N) is 1. The van der Waals surface area contributed by atoms with Crippen LogP contribution in [-0.4, -0.2) is 40.8 Å². The highest BCUT2D eigenvalue weighted by molar-refractivity contribution is 5.96. The third-order valence-electron chi connectivity index (χ3n) is 7.15. The molecule has 6 nitrogen and oxygen atoms in total. The summed E-state index contributed by atoms with van der Waals surface area (Å²) in [5.41, 5.74) is 12.0. The molecule has 1 aliphatic heterocycles. The molecule has 0 spiro atoms. The minimum absolute atomic E-state index is 0.140. The van der Waals surface area contributed by atoms with E-state index < -0.39 is 6.04 Å². The molecule has 0 bridgehead atoms. The Morgan fingerprint density at radius 3 is 2.05 bits per heavy atom. The zero-order valence-corrected chi connectivity index (χ0v) is 21.3. The van der Waals surface area contributed by atoms with Crippen molar-refractivity contribution in [3.63, 3.8) is 0 Å². The molecule has 1 fully saturated rings. The highest BCUT2D eigenvalue weighted by Crippen LogP contribution is 2.29. The van der Waals surface area contributed by atoms with Crippen LogP contribution in [0.25, 0.3) is 11.1 Å². The fourth-order valence-electron chi connectivity index (χ4n) is 5.13. The monoisotopic (exact) mass is 504 g/mol. The number of aromatic nitrogens is 1. The van der Waals surface area contributed by atoms with Crippen molar-refractivity contribution >= 4 is 17.5 Å². The van der Waals surface area contributed by atoms with Gasteiger partial charge in [-0.25, -0.2) is 0 Å². The molecule has 3 N–H and O–H groups in total. The van der Waals surface area contributed by atoms with Gasteiger partial charge in [-0.1, -0.05) is 72.8 Å². The molecule has 192 valence electrons. The first-order valence-corrected chi connectivity index (χ1v) is 13.1. The lowest BCUT2D eigenvalue weighted by Gasteiger charge is -2.24. The summed E-state index contributed by atoms with van der Waals surface area (Å²) in [5, 5.41) is 2.99. The van der Waals surface area contributed by atoms with E-state index in [2.05, 4.69) is 10.3 Å². The smallest absolute Gasteiger partial charge is 0.242 e. The van der Waals surface area contributed by atoms with E-state index in [1.54, 1.807) is 12.4 Å². The van der Waals surface area contributed by atoms with Crippen LogP contribution in [0.1, 0.15) is 35.4 Å². The molecule has 38 heavy (non-hydrogen) atoms. The molecule has 5 rings (SSSR count). The average Bonchev–Trinajstić information content (AvgIpc) is 3.51. The van der Waals surface area contributed by atoms with Crippen LogP contribution in [0.5, 0.6) is 0 Å². The van der Waals surface area contributed by atoms with E-state index in [-0.39, 0.29) is 17.7 Å². The van der Waals surface area contributed by atoms with E-state index in [4.69, 9.17) is 5.73 Å². The Labute approximate surface area is 223 Å². The Morgan fingerprint density at radius 1 is 0.842 bits per heavy atom. The zero-order chi connectivity index (χ0) is 26.3. The van der Waals surface area contributed by atoms with Crippen LogP contribution in [0.2, 0.25) is 0 Å². The molecule has 1 saturated heterocycles. The van der Waals surface area contributed by atoms with Crippen LogP contribution in [0.15, 0.2) is 103 Å². The van der Waals surface area contributed by atoms with Crippen LogP contribution in [-0.2, 0) is 16.0 Å². The normalized spacial score (nSPS) is 13.9. The SMILES string of the molecule is NC(C(=O)Nc1ccc(-c2ccncc2CC(=O)N2CCCC2)cc1)C(c1ccccc1)c1ccccc1. The molecular formula is C32H32N4O2. The lowest BCUT2D eigenvalue weighted by Crippen LogP contribution is -2.41. The summed E-state index contributed by atoms with van der Waals surface area (Å²) in [6.45, 7) is 1.67. The van der Waals surface area contributed by atoms with E-state index in [1.165, 1.54) is 0 Å². The van der Waals surface area contributed by atoms with Crippen LogP contribution in [0, 0.1) is 0 Å². The van der Waals surface area contributed by atoms with E-state index in [1.807, 2.05) is 95.9 Å². The second kappa shape index (κ2) is 11.8. The van der Waals surface area contributed by atoms with E-state index >= 15 is 0 Å². The number of rotatable bonds is 8. The van der Waals surface area contributed by atoms with E-state index in [0.717, 1.165) is 53.7 Å². The number of amides is 2. The third kappa shape index (κ3) is 5.82. The summed E-state index contributed by atoms with van der Waals surface area (Å²) in [6, 6.07) is 28.5. The fourth-order valence-corrected chi connectivity index (χ4v) is 5.13. The highest BCUT2D eigenvalue weighted by atomic mass is 16.2. The Hall–Kier alpha value is -4.29. The predicted octanol–water partition coefficient (Wildman–Crippen LogP) is 5.01. The maximum absolute atomic E-state index is 13.3. The maximum atomic E-state index is 13.3. The number of nitrogens with two attached hydrogens (primary N) is 1. The van der Waals surface area contributed by atoms with Crippen LogP contribution >= 0.6 is 0 Å². The first-order valence-electron chi connectivity index (χ1n) is 13.1. The van der Waals surface area contributed by atoms with Crippen molar-refractivity contribution in [2.45, 2.75) is 31.2 Å². The molecule has 6 heteroatoms. The third-order valence-corrected chi connectivity index (χ3v) is 7.15. The summed E-state index contributed by atoms with van der Waals surface area (Å²) in [7, 11) is 0. The number of hydrogen-bond acceptors (Lipinski definition) is 4. The second-order valence-corrected chi connectivity index (χ2v) is 9.69. The van der Waals surface area contributed by atoms with Crippen molar-refractivity contribution in [2.75, 3.05) is 18.4 Å². The number of carbonyl (C=O) groups excluding carboxylic acids is 2. The quantitative estimate of drug-likeness (QED) is 0.353. The zero-order valence-electron chi connectivity index (χ0n) is 21.3. The van der Waals surface area contributed by atoms with Crippen molar-refractivity contribution in [3.8, 4) is 11.1 Å². The van der Waals surface area contributed by atoms with Gasteiger partial charge in [-0.05, 0) is 58.9 Å². The van der Waals surface area contributed by atoms with E-state index in [0.29, 0.717) is 12.1 Å². The molecule has 0 saturated carbocycles. The van der Waals surface area contributed by atoms with Crippen molar-refractivity contribution in [1.29, 1.82) is 0 Å². The minimum atomic E-state index is -0.775. The summed E-state index contributed by atoms with van der Waals surface area (Å²) < 4.78 is 0. The van der Waals surface area contributed by atoms with Crippen molar-refractivity contribution in [3.05, 3.63) is 120 Å². The van der Waals surface area contributed by atoms with Gasteiger partial charge in [-0.2, -0.15) is 0 Å². The maximum Gasteiger partial charge on any atom is 0.242 e. The average molecular weight is 505 g/mol. The fraction of sp³-hybridized carbons (Fsp3) is 0.219. The van der Waals surface area contributed by atoms with Crippen molar-refractivity contribution in [2.24, 2.45) is 5.73 Å². The first-order chi connectivity index (χ1) is 18.6. The van der Waals surface area contributed by atoms with E-state index in [9.17, 15) is 9.59 Å². The van der Waals surface area contributed by atoms with Crippen LogP contribution in [0.4, 0.5) is 5.69 Å². The van der Waals surface area contributed by atoms with Gasteiger partial charge in [0.05, 0.1) is 12.5 Å². The molecule has 0 radical (unpaired) electrons. The van der Waals surface area contributed by atoms with Gasteiger partial charge in [0.2, 0.25) is 11.8 Å². The Bertz CT molecular complexity index is 1330. The van der Waals surface area contributed by atoms with Gasteiger partial charge in [0.25, 0.3) is 0 Å². The number of pyridine rings is 1. The molecular weight excluding hydrogens is 472 g/mol. The van der Waals surface area contributed by atoms with Gasteiger partial charge in [0, 0.05) is 37.1 Å². The summed E-state index contributed by atoms with van der Waals surface area (Å²) >= 11 is 0. The molecule has 1 aromatic heterocycles. The molecule has 1 unspecified atom stereocenters. The largest absolute Gasteiger partial charge is 0.342 e. The summed E-state index contributed by atoms with van der Waals surface area (Å²) in [5.74, 6) is -0.388. The standard InChI is InChI=1S/C32H32N4O2/c33-31(30(24-9-3-1-4-10-24)25-11-5-2-6-12-25)32(38)35-27-15-13-23(14-16-27)28-17-18-34-22-26(28)21-29(37)36-19-7-8-20-36/h1-6,9-18,22,30-31H,7-8,19-21,33H2,(H,35,38). The van der Waals surface area contributed by atoms with Gasteiger partial charge in [-0.15, -0.1) is 0 Å². The van der Waals surface area contributed by atoms with Crippen LogP contribution < -0.4 is 11.1 Å². The molecule has 0 aliphatic carbocycles. The van der Waals surface area contributed by atoms with Crippen molar-refractivity contribution < 1.29 is 9.59 Å². The topological polar surface area (TPSA) is 88.3 Å². The van der Waals surface area contributed by atoms with Gasteiger partial charge in [-0.3, -0.25) is 14.6 Å². The molecule has 1 aliphatic rings. The highest BCUT2D eigenvalue weighted by Gasteiger charge is 2.28. The minimum Gasteiger partial charge on any atom is -0.342 e. The number of benzene rings is 3. The van der Waals surface area contributed by atoms with Crippen molar-refractivity contribution in [1.82, 2.24) is 9.88 Å². The van der Waals surface area contributed by atoms with Gasteiger partial charge in [0.1, 0.15) is 0 Å². The number of hydrogen-bond donors (Lipinski definition) is 2. The molecule has 2 heterocycles. The lowest BCUT2D eigenvalue weighted by atomic mass is 9.85. The first kappa shape index (κ1) is 25.4. The molecule has 3 aromatic carbocycles. The summed E-state index contributed by atoms with van der Waals surface area (Å²) in [6.07, 6.45) is 5.98. The van der Waals surface area contributed by atoms with Gasteiger partial charge < -0.3 is 16.0 Å². The number of likely N-dealkylation sites (tertiary alicyclic amines) is 1. The number of nitrogens with zero attached hydrogens (tertiary/aromatic N) is 2. The second-order valence-electron chi connectivity index (χ2n) is 9.69. The van der Waals surface area contributed by atoms with Gasteiger partial charge in [0.15, 0.2) is 0 Å². The lowest BCUT2D eigenvalue weighted by molar-refractivity contribution is -0.129. The number of carbonyl (C=O) groups is 2. The Kier molecular flexibility index (Phi) is 7.90. The van der Waals surface area contributed by atoms with Gasteiger partial charge >= 0.3 is 0 Å². The van der Waals surface area contributed by atoms with Crippen LogP contribution in [0.3, 0.4) is 0 Å².